The molecule has 0 saturated carbocycles. The molecule has 0 unspecified atom stereocenters. The van der Waals surface area contributed by atoms with Gasteiger partial charge in [0.25, 0.3) is 5.91 Å². The SMILES string of the molecule is CC1=C[C@@H](O)C[C@@H](F)Cc2nc(co2)C(=O)N2CCC[C@@H]2C(=O)O[C@H]([C@@H](C)COC(=O)Nc2ccc(C)cc2)[C@H](C)/C=C/C(=O)NCC=C1. The number of oxazole rings is 1. The summed E-state index contributed by atoms with van der Waals surface area (Å²) >= 11 is 0. The minimum absolute atomic E-state index is 0.00276. The number of hydrogen-bond donors (Lipinski definition) is 3. The van der Waals surface area contributed by atoms with Gasteiger partial charge in [0.1, 0.15) is 24.6 Å². The summed E-state index contributed by atoms with van der Waals surface area (Å²) in [6, 6.07) is 6.30. The summed E-state index contributed by atoms with van der Waals surface area (Å²) in [5.74, 6) is -2.59. The van der Waals surface area contributed by atoms with Gasteiger partial charge in [-0.1, -0.05) is 61.4 Å². The number of aryl methyl sites for hydroxylation is 1. The lowest BCUT2D eigenvalue weighted by molar-refractivity contribution is -0.159. The lowest BCUT2D eigenvalue weighted by Gasteiger charge is -2.30. The van der Waals surface area contributed by atoms with Gasteiger partial charge in [-0.2, -0.15) is 0 Å². The summed E-state index contributed by atoms with van der Waals surface area (Å²) in [7, 11) is 0. The van der Waals surface area contributed by atoms with Crippen LogP contribution in [-0.2, 0) is 25.5 Å². The van der Waals surface area contributed by atoms with Crippen molar-refractivity contribution in [1.29, 1.82) is 0 Å². The normalized spacial score (nSPS) is 25.8. The second-order valence-electron chi connectivity index (χ2n) is 12.6. The molecular formula is C36H45FN4O8. The first-order valence-electron chi connectivity index (χ1n) is 16.5. The highest BCUT2D eigenvalue weighted by atomic mass is 19.1. The second kappa shape index (κ2) is 17.6. The van der Waals surface area contributed by atoms with Gasteiger partial charge in [0.15, 0.2) is 11.6 Å². The Balaban J connectivity index is 1.53. The van der Waals surface area contributed by atoms with Gasteiger partial charge < -0.3 is 29.2 Å². The van der Waals surface area contributed by atoms with E-state index in [1.54, 1.807) is 51.1 Å². The van der Waals surface area contributed by atoms with E-state index in [0.717, 1.165) is 11.8 Å². The van der Waals surface area contributed by atoms with Crippen molar-refractivity contribution in [2.45, 2.75) is 77.8 Å². The number of aliphatic hydroxyl groups excluding tert-OH is 1. The van der Waals surface area contributed by atoms with Crippen molar-refractivity contribution in [3.8, 4) is 0 Å². The number of ether oxygens (including phenoxy) is 2. The first kappa shape index (κ1) is 37.0. The topological polar surface area (TPSA) is 160 Å². The maximum atomic E-state index is 14.8. The average molecular weight is 681 g/mol. The molecule has 3 N–H and O–H groups in total. The number of benzene rings is 1. The minimum Gasteiger partial charge on any atom is -0.460 e. The molecule has 1 saturated heterocycles. The summed E-state index contributed by atoms with van der Waals surface area (Å²) in [6.07, 6.45) is 5.34. The number of rotatable bonds is 4. The van der Waals surface area contributed by atoms with Crippen LogP contribution in [0.15, 0.2) is 70.9 Å². The van der Waals surface area contributed by atoms with E-state index in [1.807, 2.05) is 19.1 Å². The Morgan fingerprint density at radius 2 is 1.96 bits per heavy atom. The third-order valence-electron chi connectivity index (χ3n) is 8.34. The van der Waals surface area contributed by atoms with Crippen molar-refractivity contribution < 1.29 is 42.6 Å². The number of carbonyl (C=O) groups is 4. The van der Waals surface area contributed by atoms with Crippen LogP contribution in [0.4, 0.5) is 14.9 Å². The van der Waals surface area contributed by atoms with E-state index in [9.17, 15) is 28.7 Å². The minimum atomic E-state index is -1.49. The standard InChI is InChI=1S/C36H45FN4O8/c1-22-9-12-27(13-10-22)39-36(46)48-20-25(4)33-24(3)11-14-31(43)38-15-5-7-23(2)17-28(42)18-26(37)19-32-40-29(21-47-32)34(44)41-16-6-8-30(41)35(45)49-33/h5,7,9-14,17,21,24-26,28,30,33,42H,6,8,15-16,18-20H2,1-4H3,(H,38,43)(H,39,46)/b7-5?,14-11+,23-17?/t24-,25+,26-,28-,30-,33+/m1/s1. The van der Waals surface area contributed by atoms with Crippen LogP contribution in [0.25, 0.3) is 0 Å². The van der Waals surface area contributed by atoms with Crippen LogP contribution in [0.1, 0.15) is 62.0 Å². The molecule has 2 aromatic rings. The number of esters is 1. The number of carbonyl (C=O) groups excluding carboxylic acids is 4. The van der Waals surface area contributed by atoms with E-state index in [-0.39, 0.29) is 50.0 Å². The average Bonchev–Trinajstić information content (AvgIpc) is 3.74. The summed E-state index contributed by atoms with van der Waals surface area (Å²) in [5, 5.41) is 15.7. The first-order valence-corrected chi connectivity index (χ1v) is 16.5. The molecule has 4 rings (SSSR count). The van der Waals surface area contributed by atoms with Crippen molar-refractivity contribution in [3.05, 3.63) is 83.6 Å². The molecule has 6 atom stereocenters. The van der Waals surface area contributed by atoms with Crippen LogP contribution in [0.3, 0.4) is 0 Å². The highest BCUT2D eigenvalue weighted by Gasteiger charge is 2.39. The highest BCUT2D eigenvalue weighted by molar-refractivity contribution is 5.95. The van der Waals surface area contributed by atoms with Gasteiger partial charge >= 0.3 is 12.1 Å². The van der Waals surface area contributed by atoms with Crippen LogP contribution in [0.5, 0.6) is 0 Å². The molecule has 1 aromatic heterocycles. The van der Waals surface area contributed by atoms with Crippen molar-refractivity contribution in [1.82, 2.24) is 15.2 Å². The second-order valence-corrected chi connectivity index (χ2v) is 12.6. The van der Waals surface area contributed by atoms with E-state index in [2.05, 4.69) is 15.6 Å². The fourth-order valence-electron chi connectivity index (χ4n) is 5.73. The quantitative estimate of drug-likeness (QED) is 0.384. The molecule has 3 heterocycles. The Kier molecular flexibility index (Phi) is 13.3. The molecule has 0 spiro atoms. The summed E-state index contributed by atoms with van der Waals surface area (Å²) in [5.41, 5.74) is 2.21. The van der Waals surface area contributed by atoms with Gasteiger partial charge in [-0.05, 0) is 44.9 Å². The van der Waals surface area contributed by atoms with Crippen molar-refractivity contribution in [2.75, 3.05) is 25.0 Å². The third-order valence-corrected chi connectivity index (χ3v) is 8.34. The molecule has 2 bridgehead atoms. The number of hydrogen-bond acceptors (Lipinski definition) is 9. The van der Waals surface area contributed by atoms with E-state index in [0.29, 0.717) is 24.1 Å². The van der Waals surface area contributed by atoms with Gasteiger partial charge in [-0.25, -0.2) is 19.0 Å². The number of fused-ring (bicyclic) bond motifs is 3. The largest absolute Gasteiger partial charge is 0.460 e. The van der Waals surface area contributed by atoms with E-state index < -0.39 is 54.2 Å². The zero-order chi connectivity index (χ0) is 35.5. The molecule has 2 aliphatic rings. The van der Waals surface area contributed by atoms with Gasteiger partial charge in [0.2, 0.25) is 5.91 Å². The number of nitrogens with zero attached hydrogens (tertiary/aromatic N) is 2. The number of amides is 3. The smallest absolute Gasteiger partial charge is 0.411 e. The van der Waals surface area contributed by atoms with Gasteiger partial charge in [-0.15, -0.1) is 0 Å². The molecule has 49 heavy (non-hydrogen) atoms. The Hall–Kier alpha value is -4.78. The third kappa shape index (κ3) is 11.1. The number of cyclic esters (lactones) is 1. The van der Waals surface area contributed by atoms with Gasteiger partial charge in [0, 0.05) is 37.0 Å². The zero-order valence-corrected chi connectivity index (χ0v) is 28.3. The molecule has 0 aliphatic carbocycles. The maximum absolute atomic E-state index is 14.8. The molecule has 13 heteroatoms. The summed E-state index contributed by atoms with van der Waals surface area (Å²) in [4.78, 5) is 57.8. The van der Waals surface area contributed by atoms with Crippen LogP contribution in [-0.4, -0.2) is 83.0 Å². The number of nitrogens with one attached hydrogen (secondary N) is 2. The monoisotopic (exact) mass is 680 g/mol. The lowest BCUT2D eigenvalue weighted by atomic mass is 9.93. The molecule has 2 aliphatic heterocycles. The zero-order valence-electron chi connectivity index (χ0n) is 28.3. The Labute approximate surface area is 285 Å². The van der Waals surface area contributed by atoms with Crippen LogP contribution in [0.2, 0.25) is 0 Å². The molecular weight excluding hydrogens is 635 g/mol. The number of anilines is 1. The maximum Gasteiger partial charge on any atom is 0.411 e. The molecule has 3 amide bonds. The van der Waals surface area contributed by atoms with Crippen LogP contribution in [0, 0.1) is 18.8 Å². The number of alkyl halides is 1. The Morgan fingerprint density at radius 1 is 1.20 bits per heavy atom. The predicted octanol–water partition coefficient (Wildman–Crippen LogP) is 4.84. The van der Waals surface area contributed by atoms with Crippen molar-refractivity contribution in [2.24, 2.45) is 11.8 Å². The fourth-order valence-corrected chi connectivity index (χ4v) is 5.73. The number of halogens is 1. The van der Waals surface area contributed by atoms with Crippen LogP contribution < -0.4 is 10.6 Å². The van der Waals surface area contributed by atoms with E-state index in [1.165, 1.54) is 17.1 Å². The molecule has 1 aromatic carbocycles. The van der Waals surface area contributed by atoms with Gasteiger partial charge in [-0.3, -0.25) is 14.9 Å². The van der Waals surface area contributed by atoms with Gasteiger partial charge in [0.05, 0.1) is 19.1 Å². The van der Waals surface area contributed by atoms with E-state index >= 15 is 0 Å². The molecule has 1 fully saturated rings. The summed E-state index contributed by atoms with van der Waals surface area (Å²) < 4.78 is 31.7. The Bertz CT molecular complexity index is 1550. The predicted molar refractivity (Wildman–Crippen MR) is 179 cm³/mol. The fraction of sp³-hybridized carbons (Fsp3) is 0.472. The summed E-state index contributed by atoms with van der Waals surface area (Å²) in [6.45, 7) is 7.59. The number of aromatic nitrogens is 1. The highest BCUT2D eigenvalue weighted by Crippen LogP contribution is 2.26. The molecule has 264 valence electrons. The molecule has 0 radical (unpaired) electrons. The molecule has 12 nitrogen and oxygen atoms in total. The Morgan fingerprint density at radius 3 is 2.71 bits per heavy atom. The van der Waals surface area contributed by atoms with E-state index in [4.69, 9.17) is 13.9 Å². The van der Waals surface area contributed by atoms with Crippen LogP contribution >= 0.6 is 0 Å². The van der Waals surface area contributed by atoms with Crippen molar-refractivity contribution in [3.63, 3.8) is 0 Å². The lowest BCUT2D eigenvalue weighted by Crippen LogP contribution is -2.44. The number of allylic oxidation sites excluding steroid dienone is 2. The number of aliphatic hydroxyl groups is 1. The first-order chi connectivity index (χ1) is 23.4. The van der Waals surface area contributed by atoms with Crippen molar-refractivity contribution >= 4 is 29.6 Å².